The van der Waals surface area contributed by atoms with Gasteiger partial charge in [0.1, 0.15) is 12.4 Å². The van der Waals surface area contributed by atoms with E-state index < -0.39 is 0 Å². The molecule has 1 amide bonds. The van der Waals surface area contributed by atoms with Gasteiger partial charge in [0.25, 0.3) is 0 Å². The first-order valence-corrected chi connectivity index (χ1v) is 7.52. The third-order valence-electron chi connectivity index (χ3n) is 3.89. The number of carbonyl (C=O) groups is 1. The summed E-state index contributed by atoms with van der Waals surface area (Å²) >= 11 is 0. The van der Waals surface area contributed by atoms with Gasteiger partial charge in [-0.25, -0.2) is 0 Å². The predicted octanol–water partition coefficient (Wildman–Crippen LogP) is 3.73. The van der Waals surface area contributed by atoms with Crippen molar-refractivity contribution >= 4 is 5.91 Å². The first-order chi connectivity index (χ1) is 10.5. The van der Waals surface area contributed by atoms with Gasteiger partial charge in [-0.2, -0.15) is 0 Å². The maximum atomic E-state index is 11.9. The highest BCUT2D eigenvalue weighted by atomic mass is 16.5. The summed E-state index contributed by atoms with van der Waals surface area (Å²) in [5.74, 6) is 0.713. The fourth-order valence-electron chi connectivity index (χ4n) is 2.46. The van der Waals surface area contributed by atoms with Crippen LogP contribution in [-0.4, -0.2) is 13.0 Å². The van der Waals surface area contributed by atoms with Crippen LogP contribution in [0, 0.1) is 13.8 Å². The minimum absolute atomic E-state index is 0.0131. The highest BCUT2D eigenvalue weighted by molar-refractivity contribution is 5.83. The molecule has 0 fully saturated rings. The topological polar surface area (TPSA) is 38.3 Å². The molecule has 22 heavy (non-hydrogen) atoms. The van der Waals surface area contributed by atoms with Gasteiger partial charge in [0.2, 0.25) is 5.91 Å². The molecule has 3 heteroatoms. The zero-order valence-corrected chi connectivity index (χ0v) is 13.6. The number of aryl methyl sites for hydroxylation is 2. The van der Waals surface area contributed by atoms with Crippen LogP contribution in [0.1, 0.15) is 35.1 Å². The highest BCUT2D eigenvalue weighted by Gasteiger charge is 2.17. The fourth-order valence-corrected chi connectivity index (χ4v) is 2.46. The summed E-state index contributed by atoms with van der Waals surface area (Å²) in [6, 6.07) is 14.1. The van der Waals surface area contributed by atoms with Crippen LogP contribution in [0.25, 0.3) is 0 Å². The lowest BCUT2D eigenvalue weighted by molar-refractivity contribution is -0.121. The maximum absolute atomic E-state index is 11.9. The maximum Gasteiger partial charge on any atom is 0.227 e. The molecule has 0 saturated heterocycles. The molecule has 1 N–H and O–H groups in total. The van der Waals surface area contributed by atoms with Crippen molar-refractivity contribution in [3.63, 3.8) is 0 Å². The molecule has 116 valence electrons. The molecule has 2 rings (SSSR count). The number of nitrogens with one attached hydrogen (secondary N) is 1. The Morgan fingerprint density at radius 2 is 1.91 bits per heavy atom. The second-order valence-corrected chi connectivity index (χ2v) is 5.59. The van der Waals surface area contributed by atoms with E-state index in [2.05, 4.69) is 17.4 Å². The largest absolute Gasteiger partial charge is 0.489 e. The van der Waals surface area contributed by atoms with E-state index in [-0.39, 0.29) is 11.8 Å². The Bertz CT molecular complexity index is 664. The Labute approximate surface area is 132 Å². The highest BCUT2D eigenvalue weighted by Crippen LogP contribution is 2.24. The van der Waals surface area contributed by atoms with Crippen LogP contribution < -0.4 is 10.1 Å². The van der Waals surface area contributed by atoms with Crippen LogP contribution in [0.5, 0.6) is 5.75 Å². The summed E-state index contributed by atoms with van der Waals surface area (Å²) in [6.07, 6.45) is 0. The monoisotopic (exact) mass is 297 g/mol. The number of carbonyl (C=O) groups excluding carboxylic acids is 1. The molecule has 0 aliphatic heterocycles. The second kappa shape index (κ2) is 7.12. The molecule has 0 aliphatic carbocycles. The third-order valence-corrected chi connectivity index (χ3v) is 3.89. The second-order valence-electron chi connectivity index (χ2n) is 5.59. The molecule has 0 spiro atoms. The molecule has 0 saturated carbocycles. The zero-order chi connectivity index (χ0) is 16.1. The van der Waals surface area contributed by atoms with Crippen molar-refractivity contribution in [3.05, 3.63) is 64.7 Å². The average molecular weight is 297 g/mol. The van der Waals surface area contributed by atoms with Gasteiger partial charge in [-0.3, -0.25) is 4.79 Å². The van der Waals surface area contributed by atoms with Crippen LogP contribution in [0.4, 0.5) is 0 Å². The minimum atomic E-state index is -0.191. The SMILES string of the molecule is CNC(=O)[C@@H](C)c1ccccc1COc1cc(C)ccc1C. The van der Waals surface area contributed by atoms with Crippen LogP contribution in [-0.2, 0) is 11.4 Å². The number of hydrogen-bond acceptors (Lipinski definition) is 2. The molecule has 2 aromatic carbocycles. The predicted molar refractivity (Wildman–Crippen MR) is 89.2 cm³/mol. The Hall–Kier alpha value is -2.29. The van der Waals surface area contributed by atoms with Crippen molar-refractivity contribution < 1.29 is 9.53 Å². The summed E-state index contributed by atoms with van der Waals surface area (Å²) in [7, 11) is 1.66. The molecule has 0 aromatic heterocycles. The van der Waals surface area contributed by atoms with E-state index in [1.165, 1.54) is 5.56 Å². The van der Waals surface area contributed by atoms with Crippen LogP contribution >= 0.6 is 0 Å². The molecule has 0 unspecified atom stereocenters. The van der Waals surface area contributed by atoms with Gasteiger partial charge in [0.15, 0.2) is 0 Å². The van der Waals surface area contributed by atoms with E-state index >= 15 is 0 Å². The Kier molecular flexibility index (Phi) is 5.21. The number of likely N-dealkylation sites (N-methyl/N-ethyl adjacent to an activating group) is 1. The summed E-state index contributed by atoms with van der Waals surface area (Å²) < 4.78 is 5.98. The number of benzene rings is 2. The molecule has 2 aromatic rings. The molecule has 0 aliphatic rings. The van der Waals surface area contributed by atoms with Crippen molar-refractivity contribution in [2.24, 2.45) is 0 Å². The van der Waals surface area contributed by atoms with Gasteiger partial charge in [-0.05, 0) is 49.1 Å². The third kappa shape index (κ3) is 3.67. The van der Waals surface area contributed by atoms with E-state index in [0.717, 1.165) is 22.4 Å². The summed E-state index contributed by atoms with van der Waals surface area (Å²) in [4.78, 5) is 11.9. The molecular weight excluding hydrogens is 274 g/mol. The minimum Gasteiger partial charge on any atom is -0.489 e. The van der Waals surface area contributed by atoms with Crippen molar-refractivity contribution in [1.82, 2.24) is 5.32 Å². The number of rotatable bonds is 5. The first-order valence-electron chi connectivity index (χ1n) is 7.52. The van der Waals surface area contributed by atoms with E-state index in [1.807, 2.05) is 51.1 Å². The summed E-state index contributed by atoms with van der Waals surface area (Å²) in [5, 5.41) is 2.70. The van der Waals surface area contributed by atoms with E-state index in [9.17, 15) is 4.79 Å². The summed E-state index contributed by atoms with van der Waals surface area (Å²) in [6.45, 7) is 6.46. The van der Waals surface area contributed by atoms with Gasteiger partial charge in [-0.1, -0.05) is 36.4 Å². The summed E-state index contributed by atoms with van der Waals surface area (Å²) in [5.41, 5.74) is 4.33. The lowest BCUT2D eigenvalue weighted by Gasteiger charge is -2.16. The average Bonchev–Trinajstić information content (AvgIpc) is 2.54. The van der Waals surface area contributed by atoms with Crippen molar-refractivity contribution in [2.45, 2.75) is 33.3 Å². The fraction of sp³-hybridized carbons (Fsp3) is 0.316. The Morgan fingerprint density at radius 3 is 2.64 bits per heavy atom. The zero-order valence-electron chi connectivity index (χ0n) is 13.6. The quantitative estimate of drug-likeness (QED) is 0.913. The standard InChI is InChI=1S/C19H23NO2/c1-13-9-10-14(2)18(11-13)22-12-16-7-5-6-8-17(16)15(3)19(21)20-4/h5-11,15H,12H2,1-4H3,(H,20,21)/t15-/m0/s1. The van der Waals surface area contributed by atoms with Gasteiger partial charge in [0.05, 0.1) is 5.92 Å². The smallest absolute Gasteiger partial charge is 0.227 e. The van der Waals surface area contributed by atoms with E-state index in [1.54, 1.807) is 7.05 Å². The van der Waals surface area contributed by atoms with Gasteiger partial charge >= 0.3 is 0 Å². The number of hydrogen-bond donors (Lipinski definition) is 1. The van der Waals surface area contributed by atoms with Crippen molar-refractivity contribution in [2.75, 3.05) is 7.05 Å². The van der Waals surface area contributed by atoms with Crippen LogP contribution in [0.3, 0.4) is 0 Å². The lowest BCUT2D eigenvalue weighted by Crippen LogP contribution is -2.24. The number of amides is 1. The molecule has 3 nitrogen and oxygen atoms in total. The van der Waals surface area contributed by atoms with E-state index in [0.29, 0.717) is 6.61 Å². The van der Waals surface area contributed by atoms with Crippen molar-refractivity contribution in [3.8, 4) is 5.75 Å². The van der Waals surface area contributed by atoms with Gasteiger partial charge in [-0.15, -0.1) is 0 Å². The van der Waals surface area contributed by atoms with Gasteiger partial charge < -0.3 is 10.1 Å². The Morgan fingerprint density at radius 1 is 1.18 bits per heavy atom. The number of ether oxygens (including phenoxy) is 1. The molecule has 0 heterocycles. The van der Waals surface area contributed by atoms with Crippen molar-refractivity contribution in [1.29, 1.82) is 0 Å². The normalized spacial score (nSPS) is 11.8. The molecule has 1 atom stereocenters. The molecule has 0 bridgehead atoms. The molecular formula is C19H23NO2. The Balaban J connectivity index is 2.20. The lowest BCUT2D eigenvalue weighted by atomic mass is 9.95. The van der Waals surface area contributed by atoms with Crippen LogP contribution in [0.2, 0.25) is 0 Å². The van der Waals surface area contributed by atoms with Crippen LogP contribution in [0.15, 0.2) is 42.5 Å². The van der Waals surface area contributed by atoms with E-state index in [4.69, 9.17) is 4.74 Å². The van der Waals surface area contributed by atoms with Gasteiger partial charge in [0, 0.05) is 7.05 Å². The first kappa shape index (κ1) is 16.1. The molecule has 0 radical (unpaired) electrons.